The zero-order valence-electron chi connectivity index (χ0n) is 17.7. The van der Waals surface area contributed by atoms with Crippen LogP contribution in [-0.2, 0) is 0 Å². The lowest BCUT2D eigenvalue weighted by Gasteiger charge is -2.05. The van der Waals surface area contributed by atoms with Gasteiger partial charge in [-0.25, -0.2) is 49.8 Å². The molecule has 0 unspecified atom stereocenters. The van der Waals surface area contributed by atoms with Gasteiger partial charge >= 0.3 is 0 Å². The van der Waals surface area contributed by atoms with Gasteiger partial charge < -0.3 is 0 Å². The third-order valence-electron chi connectivity index (χ3n) is 5.06. The minimum atomic E-state index is -0.153. The van der Waals surface area contributed by atoms with Gasteiger partial charge in [-0.05, 0) is 18.1 Å². The summed E-state index contributed by atoms with van der Waals surface area (Å²) in [5, 5.41) is 27.6. The Morgan fingerprint density at radius 3 is 1.72 bits per heavy atom. The van der Waals surface area contributed by atoms with Gasteiger partial charge in [-0.1, -0.05) is 6.07 Å². The van der Waals surface area contributed by atoms with Crippen LogP contribution in [0, 0.1) is 46.3 Å². The number of nitrogens with zero attached hydrogens (tertiary/aromatic N) is 13. The molecule has 0 aliphatic rings. The molecule has 162 valence electrons. The molecule has 0 saturated carbocycles. The van der Waals surface area contributed by atoms with E-state index in [2.05, 4.69) is 55.8 Å². The highest BCUT2D eigenvalue weighted by atomic mass is 15.1. The zero-order valence-corrected chi connectivity index (χ0v) is 17.7. The van der Waals surface area contributed by atoms with Crippen molar-refractivity contribution in [2.24, 2.45) is 0 Å². The van der Waals surface area contributed by atoms with Crippen LogP contribution in [0.25, 0.3) is 56.2 Å². The van der Waals surface area contributed by atoms with E-state index in [-0.39, 0.29) is 56.7 Å². The molecule has 5 aromatic heterocycles. The van der Waals surface area contributed by atoms with Crippen LogP contribution in [0.5, 0.6) is 0 Å². The predicted octanol–water partition coefficient (Wildman–Crippen LogP) is 1.51. The highest BCUT2D eigenvalue weighted by Crippen LogP contribution is 2.24. The van der Waals surface area contributed by atoms with Crippen molar-refractivity contribution in [1.82, 2.24) is 49.8 Å². The van der Waals surface area contributed by atoms with Crippen LogP contribution in [0.2, 0.25) is 0 Å². The Hall–Kier alpha value is -6.31. The highest BCUT2D eigenvalue weighted by Gasteiger charge is 2.15. The van der Waals surface area contributed by atoms with Crippen molar-refractivity contribution in [3.05, 3.63) is 47.2 Å². The second kappa shape index (κ2) is 7.63. The van der Waals surface area contributed by atoms with Crippen LogP contribution >= 0.6 is 0 Å². The van der Waals surface area contributed by atoms with Crippen LogP contribution in [0.3, 0.4) is 0 Å². The summed E-state index contributed by atoms with van der Waals surface area (Å²) < 4.78 is 0. The van der Waals surface area contributed by atoms with Crippen molar-refractivity contribution in [2.45, 2.75) is 0 Å². The molecule has 0 bridgehead atoms. The molecule has 0 atom stereocenters. The van der Waals surface area contributed by atoms with Crippen molar-refractivity contribution in [1.29, 1.82) is 15.8 Å². The summed E-state index contributed by atoms with van der Waals surface area (Å²) in [5.41, 5.74) is 2.89. The van der Waals surface area contributed by atoms with E-state index in [1.165, 1.54) is 6.20 Å². The Bertz CT molecular complexity index is 1950. The quantitative estimate of drug-likeness (QED) is 0.251. The largest absolute Gasteiger partial charge is 0.231 e. The Morgan fingerprint density at radius 2 is 1.08 bits per heavy atom. The van der Waals surface area contributed by atoms with Crippen molar-refractivity contribution < 1.29 is 0 Å². The van der Waals surface area contributed by atoms with Crippen molar-refractivity contribution in [3.8, 4) is 41.8 Å². The second-order valence-corrected chi connectivity index (χ2v) is 7.17. The minimum absolute atomic E-state index is 0.00875. The molecule has 0 amide bonds. The van der Waals surface area contributed by atoms with E-state index in [1.807, 2.05) is 18.2 Å². The number of hydrogen-bond acceptors (Lipinski definition) is 13. The molecule has 36 heavy (non-hydrogen) atoms. The Kier molecular flexibility index (Phi) is 4.30. The lowest BCUT2D eigenvalue weighted by atomic mass is 10.1. The predicted molar refractivity (Wildman–Crippen MR) is 122 cm³/mol. The van der Waals surface area contributed by atoms with Crippen LogP contribution < -0.4 is 0 Å². The maximum Gasteiger partial charge on any atom is 0.201 e. The van der Waals surface area contributed by atoms with Gasteiger partial charge in [0.25, 0.3) is 0 Å². The summed E-state index contributed by atoms with van der Waals surface area (Å²) in [7, 11) is 0. The van der Waals surface area contributed by atoms with E-state index in [0.29, 0.717) is 22.3 Å². The number of nitriles is 3. The molecule has 0 fully saturated rings. The summed E-state index contributed by atoms with van der Waals surface area (Å²) in [6.45, 7) is 0. The maximum atomic E-state index is 9.26. The molecule has 0 saturated heterocycles. The van der Waals surface area contributed by atoms with E-state index < -0.39 is 0 Å². The Balaban J connectivity index is 1.49. The first-order valence-corrected chi connectivity index (χ1v) is 9.99. The molecule has 6 rings (SSSR count). The molecule has 6 aromatic rings. The average Bonchev–Trinajstić information content (AvgIpc) is 2.92. The lowest BCUT2D eigenvalue weighted by Crippen LogP contribution is -2.02. The topological polar surface area (TPSA) is 200 Å². The van der Waals surface area contributed by atoms with Crippen LogP contribution in [0.15, 0.2) is 24.4 Å². The van der Waals surface area contributed by atoms with Crippen LogP contribution in [0.4, 0.5) is 0 Å². The molecule has 0 aliphatic heterocycles. The van der Waals surface area contributed by atoms with Gasteiger partial charge in [0.05, 0.1) is 22.9 Å². The van der Waals surface area contributed by atoms with Gasteiger partial charge in [-0.3, -0.25) is 0 Å². The second-order valence-electron chi connectivity index (χ2n) is 7.17. The summed E-state index contributed by atoms with van der Waals surface area (Å²) in [6.07, 6.45) is 6.91. The SMILES string of the molecule is C#Cc1nc2nc3ccc(-c4cnc5nc6nc(C#N)c(C#N)nc6nc5n4)cc3nc2nc1C#N. The number of rotatable bonds is 1. The normalized spacial score (nSPS) is 10.7. The first-order valence-electron chi connectivity index (χ1n) is 9.99. The zero-order chi connectivity index (χ0) is 24.8. The fourth-order valence-electron chi connectivity index (χ4n) is 3.43. The third kappa shape index (κ3) is 3.11. The number of hydrogen-bond donors (Lipinski definition) is 0. The first kappa shape index (κ1) is 20.3. The van der Waals surface area contributed by atoms with E-state index in [1.54, 1.807) is 18.2 Å². The molecule has 5 heterocycles. The highest BCUT2D eigenvalue weighted by molar-refractivity contribution is 5.87. The maximum absolute atomic E-state index is 9.26. The van der Waals surface area contributed by atoms with Gasteiger partial charge in [0.1, 0.15) is 18.2 Å². The molecule has 0 spiro atoms. The standard InChI is InChI=1S/C23H5N13/c1-2-11-14(6-24)31-21-20(28-11)29-12-4-3-10(5-13(12)30-21)17-9-27-18-19(34-17)36-23-22(35-18)32-15(7-25)16(8-26)33-23/h1,3-5,9H. The molecule has 13 nitrogen and oxygen atoms in total. The average molecular weight is 463 g/mol. The third-order valence-corrected chi connectivity index (χ3v) is 5.06. The molecule has 0 N–H and O–H groups in total. The van der Waals surface area contributed by atoms with Crippen molar-refractivity contribution in [3.63, 3.8) is 0 Å². The van der Waals surface area contributed by atoms with Gasteiger partial charge in [-0.2, -0.15) is 15.8 Å². The van der Waals surface area contributed by atoms with Crippen molar-refractivity contribution in [2.75, 3.05) is 0 Å². The summed E-state index contributed by atoms with van der Waals surface area (Å²) in [5.74, 6) is 2.33. The molecular formula is C23H5N13. The van der Waals surface area contributed by atoms with Gasteiger partial charge in [0.15, 0.2) is 39.7 Å². The summed E-state index contributed by atoms with van der Waals surface area (Å²) >= 11 is 0. The van der Waals surface area contributed by atoms with E-state index in [9.17, 15) is 10.5 Å². The van der Waals surface area contributed by atoms with Gasteiger partial charge in [-0.15, -0.1) is 6.42 Å². The fraction of sp³-hybridized carbons (Fsp3) is 0. The summed E-state index contributed by atoms with van der Waals surface area (Å²) in [6, 6.07) is 10.8. The molecule has 0 aliphatic carbocycles. The monoisotopic (exact) mass is 463 g/mol. The number of fused-ring (bicyclic) bond motifs is 4. The molecular weight excluding hydrogens is 458 g/mol. The van der Waals surface area contributed by atoms with E-state index in [0.717, 1.165) is 0 Å². The van der Waals surface area contributed by atoms with Crippen LogP contribution in [0.1, 0.15) is 22.8 Å². The van der Waals surface area contributed by atoms with E-state index in [4.69, 9.17) is 11.7 Å². The Morgan fingerprint density at radius 1 is 0.556 bits per heavy atom. The molecule has 0 radical (unpaired) electrons. The lowest BCUT2D eigenvalue weighted by molar-refractivity contribution is 1.11. The Labute approximate surface area is 199 Å². The number of benzene rings is 1. The van der Waals surface area contributed by atoms with E-state index >= 15 is 0 Å². The number of terminal acetylenes is 1. The molecule has 13 heteroatoms. The fourth-order valence-corrected chi connectivity index (χ4v) is 3.43. The molecule has 1 aromatic carbocycles. The van der Waals surface area contributed by atoms with Gasteiger partial charge in [0, 0.05) is 5.56 Å². The van der Waals surface area contributed by atoms with Gasteiger partial charge in [0.2, 0.25) is 16.9 Å². The summed E-state index contributed by atoms with van der Waals surface area (Å²) in [4.78, 5) is 42.8. The van der Waals surface area contributed by atoms with Crippen molar-refractivity contribution >= 4 is 44.9 Å². The minimum Gasteiger partial charge on any atom is -0.231 e. The number of aromatic nitrogens is 10. The van der Waals surface area contributed by atoms with Crippen LogP contribution in [-0.4, -0.2) is 49.8 Å². The first-order chi connectivity index (χ1) is 17.6. The smallest absolute Gasteiger partial charge is 0.201 e.